The zero-order valence-corrected chi connectivity index (χ0v) is 18.4. The molecule has 1 heterocycles. The van der Waals surface area contributed by atoms with Crippen molar-refractivity contribution in [3.63, 3.8) is 0 Å². The third-order valence-electron chi connectivity index (χ3n) is 4.67. The van der Waals surface area contributed by atoms with Gasteiger partial charge in [-0.25, -0.2) is 4.79 Å². The summed E-state index contributed by atoms with van der Waals surface area (Å²) in [6.45, 7) is 7.75. The molecule has 0 bridgehead atoms. The molecule has 0 N–H and O–H groups in total. The SMILES string of the molecule is CCCOc1ccc(C=C2C(=O)N(CCCOC)C(C)=C2C(=O)OC)cc1OCC. The first-order chi connectivity index (χ1) is 14.5. The minimum absolute atomic E-state index is 0.228. The van der Waals surface area contributed by atoms with Gasteiger partial charge in [0.25, 0.3) is 5.91 Å². The number of carbonyl (C=O) groups excluding carboxylic acids is 2. The van der Waals surface area contributed by atoms with E-state index in [1.807, 2.05) is 32.0 Å². The Morgan fingerprint density at radius 3 is 2.50 bits per heavy atom. The van der Waals surface area contributed by atoms with Crippen LogP contribution in [0.5, 0.6) is 11.5 Å². The second-order valence-electron chi connectivity index (χ2n) is 6.80. The van der Waals surface area contributed by atoms with Crippen molar-refractivity contribution in [1.29, 1.82) is 0 Å². The molecule has 0 atom stereocenters. The molecule has 1 aromatic rings. The Balaban J connectivity index is 2.42. The molecule has 30 heavy (non-hydrogen) atoms. The van der Waals surface area contributed by atoms with Gasteiger partial charge in [-0.15, -0.1) is 0 Å². The lowest BCUT2D eigenvalue weighted by Gasteiger charge is -2.17. The lowest BCUT2D eigenvalue weighted by atomic mass is 10.0. The molecule has 1 aromatic carbocycles. The van der Waals surface area contributed by atoms with E-state index in [2.05, 4.69) is 0 Å². The zero-order valence-electron chi connectivity index (χ0n) is 18.4. The minimum Gasteiger partial charge on any atom is -0.490 e. The lowest BCUT2D eigenvalue weighted by Crippen LogP contribution is -2.26. The molecule has 164 valence electrons. The summed E-state index contributed by atoms with van der Waals surface area (Å²) in [7, 11) is 2.93. The molecular weight excluding hydrogens is 386 g/mol. The fourth-order valence-electron chi connectivity index (χ4n) is 3.25. The standard InChI is InChI=1S/C23H31NO6/c1-6-12-30-19-10-9-17(15-20(19)29-7-2)14-18-21(23(26)28-5)16(3)24(22(18)25)11-8-13-27-4/h9-10,14-15H,6-8,11-13H2,1-5H3. The first kappa shape index (κ1) is 23.5. The molecule has 0 spiro atoms. The highest BCUT2D eigenvalue weighted by Gasteiger charge is 2.36. The Morgan fingerprint density at radius 1 is 1.10 bits per heavy atom. The van der Waals surface area contributed by atoms with Crippen LogP contribution in [0, 0.1) is 0 Å². The van der Waals surface area contributed by atoms with Gasteiger partial charge < -0.3 is 23.8 Å². The molecule has 0 radical (unpaired) electrons. The van der Waals surface area contributed by atoms with E-state index < -0.39 is 5.97 Å². The Labute approximate surface area is 178 Å². The summed E-state index contributed by atoms with van der Waals surface area (Å²) in [5.41, 5.74) is 1.91. The van der Waals surface area contributed by atoms with Gasteiger partial charge in [0.15, 0.2) is 11.5 Å². The summed E-state index contributed by atoms with van der Waals surface area (Å²) in [5.74, 6) is 0.491. The molecule has 1 amide bonds. The predicted molar refractivity (Wildman–Crippen MR) is 114 cm³/mol. The molecule has 1 aliphatic rings. The van der Waals surface area contributed by atoms with E-state index in [1.54, 1.807) is 25.0 Å². The van der Waals surface area contributed by atoms with E-state index in [4.69, 9.17) is 18.9 Å². The Bertz CT molecular complexity index is 827. The molecule has 7 heteroatoms. The number of carbonyl (C=O) groups is 2. The Kier molecular flexibility index (Phi) is 8.92. The monoisotopic (exact) mass is 417 g/mol. The van der Waals surface area contributed by atoms with Crippen LogP contribution in [0.1, 0.15) is 39.2 Å². The number of ether oxygens (including phenoxy) is 4. The highest BCUT2D eigenvalue weighted by Crippen LogP contribution is 2.34. The van der Waals surface area contributed by atoms with Crippen molar-refractivity contribution in [3.8, 4) is 11.5 Å². The van der Waals surface area contributed by atoms with E-state index in [0.717, 1.165) is 12.0 Å². The summed E-state index contributed by atoms with van der Waals surface area (Å²) in [6, 6.07) is 5.47. The molecule has 0 saturated carbocycles. The van der Waals surface area contributed by atoms with Crippen molar-refractivity contribution in [2.75, 3.05) is 40.6 Å². The van der Waals surface area contributed by atoms with Crippen LogP contribution in [-0.4, -0.2) is 57.4 Å². The van der Waals surface area contributed by atoms with Crippen LogP contribution < -0.4 is 9.47 Å². The molecule has 7 nitrogen and oxygen atoms in total. The number of rotatable bonds is 11. The average Bonchev–Trinajstić information content (AvgIpc) is 2.97. The normalized spacial score (nSPS) is 15.2. The molecule has 0 aliphatic carbocycles. The van der Waals surface area contributed by atoms with Crippen LogP contribution in [0.15, 0.2) is 35.0 Å². The van der Waals surface area contributed by atoms with Crippen LogP contribution in [0.2, 0.25) is 0 Å². The molecule has 0 saturated heterocycles. The maximum absolute atomic E-state index is 13.1. The minimum atomic E-state index is -0.533. The largest absolute Gasteiger partial charge is 0.490 e. The highest BCUT2D eigenvalue weighted by atomic mass is 16.5. The fraction of sp³-hybridized carbons (Fsp3) is 0.478. The predicted octanol–water partition coefficient (Wildman–Crippen LogP) is 3.58. The average molecular weight is 418 g/mol. The quantitative estimate of drug-likeness (QED) is 0.311. The Morgan fingerprint density at radius 2 is 1.87 bits per heavy atom. The summed E-state index contributed by atoms with van der Waals surface area (Å²) in [4.78, 5) is 27.1. The van der Waals surface area contributed by atoms with E-state index in [1.165, 1.54) is 7.11 Å². The van der Waals surface area contributed by atoms with Crippen molar-refractivity contribution in [1.82, 2.24) is 4.90 Å². The van der Waals surface area contributed by atoms with Crippen molar-refractivity contribution in [2.24, 2.45) is 0 Å². The van der Waals surface area contributed by atoms with Crippen molar-refractivity contribution in [2.45, 2.75) is 33.6 Å². The van der Waals surface area contributed by atoms with Crippen molar-refractivity contribution >= 4 is 18.0 Å². The second-order valence-corrected chi connectivity index (χ2v) is 6.80. The highest BCUT2D eigenvalue weighted by molar-refractivity contribution is 6.16. The second kappa shape index (κ2) is 11.4. The van der Waals surface area contributed by atoms with Crippen LogP contribution in [0.3, 0.4) is 0 Å². The third-order valence-corrected chi connectivity index (χ3v) is 4.67. The van der Waals surface area contributed by atoms with Gasteiger partial charge in [-0.05, 0) is 50.5 Å². The van der Waals surface area contributed by atoms with Crippen LogP contribution in [-0.2, 0) is 19.1 Å². The number of hydrogen-bond acceptors (Lipinski definition) is 6. The van der Waals surface area contributed by atoms with Crippen LogP contribution in [0.4, 0.5) is 0 Å². The van der Waals surface area contributed by atoms with Gasteiger partial charge in [-0.1, -0.05) is 13.0 Å². The molecule has 2 rings (SSSR count). The number of allylic oxidation sites excluding steroid dienone is 1. The first-order valence-electron chi connectivity index (χ1n) is 10.2. The molecule has 0 fully saturated rings. The summed E-state index contributed by atoms with van der Waals surface area (Å²) >= 11 is 0. The first-order valence-corrected chi connectivity index (χ1v) is 10.2. The van der Waals surface area contributed by atoms with Gasteiger partial charge in [0.1, 0.15) is 0 Å². The number of amides is 1. The molecule has 0 aromatic heterocycles. The van der Waals surface area contributed by atoms with E-state index in [-0.39, 0.29) is 11.5 Å². The topological polar surface area (TPSA) is 74.3 Å². The number of benzene rings is 1. The molecule has 1 aliphatic heterocycles. The fourth-order valence-corrected chi connectivity index (χ4v) is 3.25. The maximum Gasteiger partial charge on any atom is 0.340 e. The summed E-state index contributed by atoms with van der Waals surface area (Å²) < 4.78 is 21.5. The van der Waals surface area contributed by atoms with Crippen LogP contribution >= 0.6 is 0 Å². The van der Waals surface area contributed by atoms with Crippen molar-refractivity contribution in [3.05, 3.63) is 40.6 Å². The van der Waals surface area contributed by atoms with Gasteiger partial charge in [-0.3, -0.25) is 4.79 Å². The lowest BCUT2D eigenvalue weighted by molar-refractivity contribution is -0.136. The van der Waals surface area contributed by atoms with Gasteiger partial charge in [0, 0.05) is 26.0 Å². The Hall–Kier alpha value is -2.80. The number of esters is 1. The zero-order chi connectivity index (χ0) is 22.1. The summed E-state index contributed by atoms with van der Waals surface area (Å²) in [6.07, 6.45) is 3.25. The van der Waals surface area contributed by atoms with E-state index >= 15 is 0 Å². The molecular formula is C23H31NO6. The maximum atomic E-state index is 13.1. The number of nitrogens with zero attached hydrogens (tertiary/aromatic N) is 1. The number of hydrogen-bond donors (Lipinski definition) is 0. The van der Waals surface area contributed by atoms with Gasteiger partial charge in [0.05, 0.1) is 31.5 Å². The smallest absolute Gasteiger partial charge is 0.340 e. The van der Waals surface area contributed by atoms with E-state index in [9.17, 15) is 9.59 Å². The van der Waals surface area contributed by atoms with Gasteiger partial charge in [-0.2, -0.15) is 0 Å². The van der Waals surface area contributed by atoms with Crippen LogP contribution in [0.25, 0.3) is 6.08 Å². The van der Waals surface area contributed by atoms with Crippen molar-refractivity contribution < 1.29 is 28.5 Å². The van der Waals surface area contributed by atoms with Gasteiger partial charge >= 0.3 is 5.97 Å². The molecule has 0 unspecified atom stereocenters. The third kappa shape index (κ3) is 5.42. The van der Waals surface area contributed by atoms with E-state index in [0.29, 0.717) is 55.6 Å². The van der Waals surface area contributed by atoms with Gasteiger partial charge in [0.2, 0.25) is 0 Å². The number of methoxy groups -OCH3 is 2. The summed E-state index contributed by atoms with van der Waals surface area (Å²) in [5, 5.41) is 0.